The lowest BCUT2D eigenvalue weighted by molar-refractivity contribution is -0.168. The van der Waals surface area contributed by atoms with E-state index < -0.39 is 0 Å². The van der Waals surface area contributed by atoms with E-state index in [0.717, 1.165) is 12.8 Å². The van der Waals surface area contributed by atoms with Crippen LogP contribution in [0.2, 0.25) is 0 Å². The molecule has 0 radical (unpaired) electrons. The van der Waals surface area contributed by atoms with Crippen LogP contribution in [0.25, 0.3) is 0 Å². The Labute approximate surface area is 204 Å². The highest BCUT2D eigenvalue weighted by Crippen LogP contribution is 2.75. The van der Waals surface area contributed by atoms with E-state index in [1.165, 1.54) is 57.8 Å². The van der Waals surface area contributed by atoms with Crippen LogP contribution in [0.15, 0.2) is 11.1 Å². The van der Waals surface area contributed by atoms with E-state index >= 15 is 0 Å². The van der Waals surface area contributed by atoms with E-state index in [9.17, 15) is 10.2 Å². The summed E-state index contributed by atoms with van der Waals surface area (Å²) in [6.07, 6.45) is 13.1. The van der Waals surface area contributed by atoms with E-state index in [1.54, 1.807) is 0 Å². The summed E-state index contributed by atoms with van der Waals surface area (Å²) in [4.78, 5) is 0. The Bertz CT molecular complexity index is 855. The summed E-state index contributed by atoms with van der Waals surface area (Å²) < 4.78 is 0. The molecule has 2 N–H and O–H groups in total. The Balaban J connectivity index is 1.58. The van der Waals surface area contributed by atoms with Crippen molar-refractivity contribution in [3.05, 3.63) is 11.1 Å². The fourth-order valence-corrected chi connectivity index (χ4v) is 10.7. The van der Waals surface area contributed by atoms with Gasteiger partial charge in [-0.1, -0.05) is 59.6 Å². The van der Waals surface area contributed by atoms with Gasteiger partial charge in [0.1, 0.15) is 0 Å². The number of hydrogen-bond donors (Lipinski definition) is 2. The van der Waals surface area contributed by atoms with Gasteiger partial charge in [0.15, 0.2) is 0 Å². The molecule has 5 aliphatic carbocycles. The van der Waals surface area contributed by atoms with Gasteiger partial charge in [-0.3, -0.25) is 0 Å². The zero-order valence-electron chi connectivity index (χ0n) is 23.0. The predicted octanol–water partition coefficient (Wildman–Crippen LogP) is 7.67. The Morgan fingerprint density at radius 2 is 1.42 bits per heavy atom. The van der Waals surface area contributed by atoms with Gasteiger partial charge < -0.3 is 10.2 Å². The lowest BCUT2D eigenvalue weighted by Gasteiger charge is -2.70. The maximum Gasteiger partial charge on any atom is 0.0594 e. The average Bonchev–Trinajstić information content (AvgIpc) is 2.74. The van der Waals surface area contributed by atoms with Crippen LogP contribution >= 0.6 is 0 Å². The van der Waals surface area contributed by atoms with Crippen molar-refractivity contribution < 1.29 is 10.2 Å². The first-order chi connectivity index (χ1) is 15.1. The number of aliphatic hydroxyl groups is 2. The van der Waals surface area contributed by atoms with Crippen LogP contribution in [0.5, 0.6) is 0 Å². The van der Waals surface area contributed by atoms with Crippen molar-refractivity contribution in [3.8, 4) is 0 Å². The third kappa shape index (κ3) is 2.98. The van der Waals surface area contributed by atoms with Crippen molar-refractivity contribution in [2.24, 2.45) is 44.3 Å². The van der Waals surface area contributed by atoms with Gasteiger partial charge in [-0.05, 0) is 122 Å². The number of fused-ring (bicyclic) bond motifs is 6. The van der Waals surface area contributed by atoms with Gasteiger partial charge in [0.2, 0.25) is 0 Å². The zero-order valence-corrected chi connectivity index (χ0v) is 23.0. The molecule has 5 aliphatic rings. The number of aliphatic hydroxyl groups excluding tert-OH is 2. The maximum absolute atomic E-state index is 10.9. The summed E-state index contributed by atoms with van der Waals surface area (Å²) in [6, 6.07) is 0. The molecule has 2 nitrogen and oxygen atoms in total. The Kier molecular flexibility index (Phi) is 5.25. The fraction of sp³-hybridized carbons (Fsp3) is 0.935. The van der Waals surface area contributed by atoms with Gasteiger partial charge in [0.25, 0.3) is 0 Å². The molecule has 0 amide bonds. The topological polar surface area (TPSA) is 40.5 Å². The summed E-state index contributed by atoms with van der Waals surface area (Å²) in [7, 11) is 0. The minimum atomic E-state index is -0.220. The average molecular weight is 457 g/mol. The molecule has 5 rings (SSSR count). The third-order valence-corrected chi connectivity index (χ3v) is 13.8. The molecule has 1 unspecified atom stereocenters. The van der Waals surface area contributed by atoms with Crippen LogP contribution in [0, 0.1) is 44.3 Å². The van der Waals surface area contributed by atoms with Gasteiger partial charge in [-0.15, -0.1) is 0 Å². The molecule has 0 aliphatic heterocycles. The largest absolute Gasteiger partial charge is 0.393 e. The van der Waals surface area contributed by atoms with Gasteiger partial charge in [0, 0.05) is 0 Å². The fourth-order valence-electron chi connectivity index (χ4n) is 10.7. The van der Waals surface area contributed by atoms with Crippen molar-refractivity contribution in [3.63, 3.8) is 0 Å². The number of rotatable bonds is 1. The summed E-state index contributed by atoms with van der Waals surface area (Å²) in [5.74, 6) is 1.30. The van der Waals surface area contributed by atoms with E-state index in [1.807, 2.05) is 18.1 Å². The lowest BCUT2D eigenvalue weighted by atomic mass is 9.35. The molecule has 2 heteroatoms. The Morgan fingerprint density at radius 3 is 2.09 bits per heavy atom. The van der Waals surface area contributed by atoms with Crippen LogP contribution in [0.3, 0.4) is 0 Å². The molecule has 0 saturated heterocycles. The Hall–Kier alpha value is -0.340. The molecular formula is C31H52O2. The molecular weight excluding hydrogens is 404 g/mol. The molecule has 0 aromatic rings. The van der Waals surface area contributed by atoms with E-state index in [0.29, 0.717) is 22.7 Å². The summed E-state index contributed by atoms with van der Waals surface area (Å²) in [5.41, 5.74) is 5.04. The SMILES string of the molecule is C[C@H](O)[C@]1(C)CC[C@]2(C)CC[C@]3(C)C4=C(CC[C@@]3(C)[C@@H]2C1)[C@@]1(C)CC[C@H](O)C(C)(C)C1CC4. The Morgan fingerprint density at radius 1 is 0.758 bits per heavy atom. The number of hydrogen-bond acceptors (Lipinski definition) is 2. The first-order valence-corrected chi connectivity index (χ1v) is 14.2. The van der Waals surface area contributed by atoms with Crippen molar-refractivity contribution in [2.45, 2.75) is 138 Å². The van der Waals surface area contributed by atoms with E-state index in [2.05, 4.69) is 48.5 Å². The lowest BCUT2D eigenvalue weighted by Crippen LogP contribution is -2.61. The van der Waals surface area contributed by atoms with Crippen LogP contribution < -0.4 is 0 Å². The van der Waals surface area contributed by atoms with E-state index in [4.69, 9.17) is 0 Å². The van der Waals surface area contributed by atoms with Crippen molar-refractivity contribution >= 4 is 0 Å². The molecule has 3 saturated carbocycles. The van der Waals surface area contributed by atoms with Crippen LogP contribution in [0.1, 0.15) is 126 Å². The summed E-state index contributed by atoms with van der Waals surface area (Å²) >= 11 is 0. The van der Waals surface area contributed by atoms with Gasteiger partial charge in [0.05, 0.1) is 12.2 Å². The predicted molar refractivity (Wildman–Crippen MR) is 137 cm³/mol. The minimum Gasteiger partial charge on any atom is -0.393 e. The molecule has 0 spiro atoms. The summed E-state index contributed by atoms with van der Waals surface area (Å²) in [6.45, 7) is 19.6. The second kappa shape index (κ2) is 7.12. The highest BCUT2D eigenvalue weighted by molar-refractivity contribution is 5.38. The highest BCUT2D eigenvalue weighted by atomic mass is 16.3. The quantitative estimate of drug-likeness (QED) is 0.397. The summed E-state index contributed by atoms with van der Waals surface area (Å²) in [5, 5.41) is 21.6. The first-order valence-electron chi connectivity index (χ1n) is 14.2. The molecule has 188 valence electrons. The zero-order chi connectivity index (χ0) is 24.2. The second-order valence-electron chi connectivity index (χ2n) is 15.3. The van der Waals surface area contributed by atoms with Gasteiger partial charge in [-0.2, -0.15) is 0 Å². The molecule has 0 bridgehead atoms. The van der Waals surface area contributed by atoms with Crippen LogP contribution in [-0.4, -0.2) is 22.4 Å². The van der Waals surface area contributed by atoms with Crippen molar-refractivity contribution in [1.29, 1.82) is 0 Å². The molecule has 33 heavy (non-hydrogen) atoms. The molecule has 0 aromatic carbocycles. The van der Waals surface area contributed by atoms with Crippen molar-refractivity contribution in [1.82, 2.24) is 0 Å². The highest BCUT2D eigenvalue weighted by Gasteiger charge is 2.66. The number of allylic oxidation sites excluding steroid dienone is 2. The van der Waals surface area contributed by atoms with Crippen molar-refractivity contribution in [2.75, 3.05) is 0 Å². The monoisotopic (exact) mass is 456 g/mol. The maximum atomic E-state index is 10.9. The van der Waals surface area contributed by atoms with Gasteiger partial charge >= 0.3 is 0 Å². The first kappa shape index (κ1) is 24.4. The molecule has 3 fully saturated rings. The normalized spacial score (nSPS) is 54.5. The molecule has 0 aromatic heterocycles. The van der Waals surface area contributed by atoms with Crippen LogP contribution in [0.4, 0.5) is 0 Å². The standard InChI is InChI=1S/C31H52O2/c1-20(32)28(5)16-15-27(4)17-18-30(7)22-9-10-23-26(2,3)25(33)12-13-29(23,6)21(22)11-14-31(30,8)24(27)19-28/h20,23-25,32-33H,9-19H2,1-8H3/t20-,23?,24+,25-,27+,28+,29+,30+,31-/m0/s1. The second-order valence-corrected chi connectivity index (χ2v) is 15.3. The molecule has 0 heterocycles. The molecule has 9 atom stereocenters. The van der Waals surface area contributed by atoms with E-state index in [-0.39, 0.29) is 33.9 Å². The van der Waals surface area contributed by atoms with Crippen LogP contribution in [-0.2, 0) is 0 Å². The van der Waals surface area contributed by atoms with Gasteiger partial charge in [-0.25, -0.2) is 0 Å². The smallest absolute Gasteiger partial charge is 0.0594 e. The minimum absolute atomic E-state index is 0.0147. The third-order valence-electron chi connectivity index (χ3n) is 13.8.